The molecule has 1 aliphatic carbocycles. The van der Waals surface area contributed by atoms with Gasteiger partial charge in [-0.05, 0) is 49.4 Å². The van der Waals surface area contributed by atoms with Crippen molar-refractivity contribution in [3.63, 3.8) is 0 Å². The van der Waals surface area contributed by atoms with Gasteiger partial charge in [0.15, 0.2) is 0 Å². The zero-order valence-electron chi connectivity index (χ0n) is 20.1. The average molecular weight is 482 g/mol. The van der Waals surface area contributed by atoms with Gasteiger partial charge in [-0.15, -0.1) is 0 Å². The second kappa shape index (κ2) is 11.6. The van der Waals surface area contributed by atoms with Crippen molar-refractivity contribution in [2.45, 2.75) is 68.8 Å². The van der Waals surface area contributed by atoms with E-state index >= 15 is 0 Å². The fourth-order valence-corrected chi connectivity index (χ4v) is 6.13. The topological polar surface area (TPSA) is 97.0 Å². The van der Waals surface area contributed by atoms with E-state index in [1.54, 1.807) is 12.1 Å². The third kappa shape index (κ3) is 6.91. The summed E-state index contributed by atoms with van der Waals surface area (Å²) in [6.07, 6.45) is 6.02. The molecule has 0 aromatic heterocycles. The number of benzene rings is 1. The Hall–Kier alpha value is -1.68. The second-order valence-corrected chi connectivity index (χ2v) is 11.3. The number of hydrogen-bond acceptors (Lipinski definition) is 6. The summed E-state index contributed by atoms with van der Waals surface area (Å²) in [5, 5.41) is 3.12. The van der Waals surface area contributed by atoms with Crippen molar-refractivity contribution in [3.8, 4) is 5.75 Å². The van der Waals surface area contributed by atoms with Crippen molar-refractivity contribution in [1.82, 2.24) is 14.9 Å². The Morgan fingerprint density at radius 1 is 1.12 bits per heavy atom. The van der Waals surface area contributed by atoms with Crippen LogP contribution in [0.1, 0.15) is 52.4 Å². The van der Waals surface area contributed by atoms with Gasteiger partial charge >= 0.3 is 0 Å². The molecule has 0 spiro atoms. The van der Waals surface area contributed by atoms with E-state index in [1.165, 1.54) is 25.7 Å². The van der Waals surface area contributed by atoms with E-state index in [2.05, 4.69) is 14.9 Å². The Morgan fingerprint density at radius 3 is 2.33 bits per heavy atom. The van der Waals surface area contributed by atoms with Crippen molar-refractivity contribution in [2.75, 3.05) is 40.0 Å². The van der Waals surface area contributed by atoms with Crippen LogP contribution in [0.25, 0.3) is 0 Å². The van der Waals surface area contributed by atoms with Crippen LogP contribution in [-0.4, -0.2) is 70.8 Å². The van der Waals surface area contributed by atoms with Crippen LogP contribution in [0, 0.1) is 5.92 Å². The minimum Gasteiger partial charge on any atom is -0.497 e. The summed E-state index contributed by atoms with van der Waals surface area (Å²) in [6.45, 7) is 7.67. The molecule has 1 atom stereocenters. The summed E-state index contributed by atoms with van der Waals surface area (Å²) < 4.78 is 39.3. The van der Waals surface area contributed by atoms with Gasteiger partial charge in [-0.2, -0.15) is 4.72 Å². The van der Waals surface area contributed by atoms with Crippen LogP contribution in [0.3, 0.4) is 0 Å². The molecule has 0 radical (unpaired) electrons. The largest absolute Gasteiger partial charge is 0.497 e. The second-order valence-electron chi connectivity index (χ2n) is 9.58. The maximum Gasteiger partial charge on any atom is 0.241 e. The fraction of sp³-hybridized carbons (Fsp3) is 0.708. The lowest BCUT2D eigenvalue weighted by molar-refractivity contribution is -0.124. The molecule has 186 valence electrons. The minimum absolute atomic E-state index is 0.0745. The van der Waals surface area contributed by atoms with E-state index in [1.807, 2.05) is 13.8 Å². The molecule has 1 heterocycles. The highest BCUT2D eigenvalue weighted by atomic mass is 32.2. The normalized spacial score (nSPS) is 20.4. The van der Waals surface area contributed by atoms with E-state index < -0.39 is 16.1 Å². The lowest BCUT2D eigenvalue weighted by atomic mass is 9.79. The van der Waals surface area contributed by atoms with Crippen molar-refractivity contribution in [1.29, 1.82) is 0 Å². The Labute approximate surface area is 198 Å². The van der Waals surface area contributed by atoms with Crippen LogP contribution >= 0.6 is 0 Å². The van der Waals surface area contributed by atoms with Crippen LogP contribution in [0.4, 0.5) is 0 Å². The summed E-state index contributed by atoms with van der Waals surface area (Å²) in [5.41, 5.74) is -0.0745. The first-order chi connectivity index (χ1) is 15.8. The highest BCUT2D eigenvalue weighted by molar-refractivity contribution is 7.89. The summed E-state index contributed by atoms with van der Waals surface area (Å²) >= 11 is 0. The highest BCUT2D eigenvalue weighted by Crippen LogP contribution is 2.34. The predicted molar refractivity (Wildman–Crippen MR) is 128 cm³/mol. The number of carbonyl (C=O) groups is 1. The molecule has 0 bridgehead atoms. The van der Waals surface area contributed by atoms with Crippen LogP contribution < -0.4 is 14.8 Å². The predicted octanol–water partition coefficient (Wildman–Crippen LogP) is 2.54. The molecular formula is C24H39N3O5S. The van der Waals surface area contributed by atoms with Gasteiger partial charge in [-0.25, -0.2) is 8.42 Å². The zero-order valence-corrected chi connectivity index (χ0v) is 21.0. The molecule has 2 aliphatic rings. The number of carbonyl (C=O) groups excluding carboxylic acids is 1. The van der Waals surface area contributed by atoms with Gasteiger partial charge in [-0.1, -0.05) is 33.1 Å². The van der Waals surface area contributed by atoms with Crippen molar-refractivity contribution < 1.29 is 22.7 Å². The van der Waals surface area contributed by atoms with Crippen molar-refractivity contribution in [3.05, 3.63) is 24.3 Å². The molecule has 33 heavy (non-hydrogen) atoms. The summed E-state index contributed by atoms with van der Waals surface area (Å²) in [6, 6.07) is 5.34. The molecule has 1 amide bonds. The smallest absolute Gasteiger partial charge is 0.241 e. The Morgan fingerprint density at radius 2 is 1.76 bits per heavy atom. The van der Waals surface area contributed by atoms with E-state index in [4.69, 9.17) is 9.47 Å². The van der Waals surface area contributed by atoms with Gasteiger partial charge in [0.25, 0.3) is 0 Å². The molecule has 1 saturated heterocycles. The van der Waals surface area contributed by atoms with Gasteiger partial charge in [0.2, 0.25) is 15.9 Å². The molecule has 1 aromatic carbocycles. The number of hydrogen-bond donors (Lipinski definition) is 2. The maximum absolute atomic E-state index is 13.3. The third-order valence-electron chi connectivity index (χ3n) is 6.75. The lowest BCUT2D eigenvalue weighted by Gasteiger charge is -2.48. The third-order valence-corrected chi connectivity index (χ3v) is 8.24. The van der Waals surface area contributed by atoms with E-state index in [9.17, 15) is 13.2 Å². The molecule has 8 nitrogen and oxygen atoms in total. The van der Waals surface area contributed by atoms with E-state index in [-0.39, 0.29) is 22.3 Å². The van der Waals surface area contributed by atoms with Crippen LogP contribution in [-0.2, 0) is 19.6 Å². The molecule has 2 N–H and O–H groups in total. The van der Waals surface area contributed by atoms with Gasteiger partial charge in [0, 0.05) is 25.2 Å². The molecule has 3 rings (SSSR count). The van der Waals surface area contributed by atoms with Crippen molar-refractivity contribution >= 4 is 15.9 Å². The first-order valence-electron chi connectivity index (χ1n) is 12.0. The Bertz CT molecular complexity index is 861. The summed E-state index contributed by atoms with van der Waals surface area (Å²) in [4.78, 5) is 15.8. The van der Waals surface area contributed by atoms with Crippen LogP contribution in [0.15, 0.2) is 29.2 Å². The molecule has 1 unspecified atom stereocenters. The molecule has 1 saturated carbocycles. The number of methoxy groups -OCH3 is 1. The number of nitrogens with zero attached hydrogens (tertiary/aromatic N) is 1. The quantitative estimate of drug-likeness (QED) is 0.533. The van der Waals surface area contributed by atoms with E-state index in [0.717, 1.165) is 38.8 Å². The molecular weight excluding hydrogens is 442 g/mol. The average Bonchev–Trinajstić information content (AvgIpc) is 2.83. The molecule has 1 aromatic rings. The number of nitrogens with one attached hydrogen (secondary N) is 2. The first kappa shape index (κ1) is 25.9. The van der Waals surface area contributed by atoms with Crippen LogP contribution in [0.5, 0.6) is 5.75 Å². The van der Waals surface area contributed by atoms with Gasteiger partial charge in [0.05, 0.1) is 25.2 Å². The number of ether oxygens (including phenoxy) is 2. The zero-order chi connectivity index (χ0) is 23.9. The Kier molecular flexibility index (Phi) is 9.15. The fourth-order valence-electron chi connectivity index (χ4n) is 4.92. The number of rotatable bonds is 10. The van der Waals surface area contributed by atoms with Gasteiger partial charge < -0.3 is 14.8 Å². The lowest BCUT2D eigenvalue weighted by Crippen LogP contribution is -2.61. The van der Waals surface area contributed by atoms with Gasteiger partial charge in [0.1, 0.15) is 11.8 Å². The first-order valence-corrected chi connectivity index (χ1v) is 13.5. The highest BCUT2D eigenvalue weighted by Gasteiger charge is 2.39. The summed E-state index contributed by atoms with van der Waals surface area (Å²) in [5.74, 6) is 0.465. The number of amides is 1. The summed E-state index contributed by atoms with van der Waals surface area (Å²) in [7, 11) is -2.32. The van der Waals surface area contributed by atoms with E-state index in [0.29, 0.717) is 31.9 Å². The number of morpholine rings is 1. The standard InChI is InChI=1S/C24H39N3O5S/c1-19(2)17-22(26-33(29,30)21-9-7-20(31-3)8-10-21)23(28)25-18-24(11-5-4-6-12-24)27-13-15-32-16-14-27/h7-10,19,22,26H,4-6,11-18H2,1-3H3,(H,25,28). The van der Waals surface area contributed by atoms with Crippen molar-refractivity contribution in [2.24, 2.45) is 5.92 Å². The number of sulfonamides is 1. The monoisotopic (exact) mass is 481 g/mol. The van der Waals surface area contributed by atoms with Gasteiger partial charge in [-0.3, -0.25) is 9.69 Å². The molecule has 1 aliphatic heterocycles. The minimum atomic E-state index is -3.85. The molecule has 9 heteroatoms. The molecule has 2 fully saturated rings. The Balaban J connectivity index is 1.71. The SMILES string of the molecule is COc1ccc(S(=O)(=O)NC(CC(C)C)C(=O)NCC2(N3CCOCC3)CCCCC2)cc1. The van der Waals surface area contributed by atoms with Crippen LogP contribution in [0.2, 0.25) is 0 Å². The maximum atomic E-state index is 13.3.